The Hall–Kier alpha value is -4.61. The molecule has 0 saturated carbocycles. The summed E-state index contributed by atoms with van der Waals surface area (Å²) in [6, 6.07) is 14.7. The lowest BCUT2D eigenvalue weighted by Gasteiger charge is -2.13. The number of hydrogen-bond donors (Lipinski definition) is 2. The van der Waals surface area contributed by atoms with Crippen LogP contribution in [0.1, 0.15) is 34.1 Å². The van der Waals surface area contributed by atoms with Gasteiger partial charge in [0.2, 0.25) is 11.8 Å². The summed E-state index contributed by atoms with van der Waals surface area (Å²) in [6.07, 6.45) is -9.19. The summed E-state index contributed by atoms with van der Waals surface area (Å²) in [4.78, 5) is 28.5. The van der Waals surface area contributed by atoms with Crippen molar-refractivity contribution in [2.24, 2.45) is 0 Å². The number of nitrogens with one attached hydrogen (secondary N) is 2. The molecule has 6 nitrogen and oxygen atoms in total. The molecule has 0 aliphatic rings. The highest BCUT2D eigenvalue weighted by molar-refractivity contribution is 5.98. The molecule has 4 aromatic rings. The topological polar surface area (TPSA) is 84.2 Å². The van der Waals surface area contributed by atoms with E-state index in [9.17, 15) is 35.9 Å². The quantitative estimate of drug-likeness (QED) is 0.256. The van der Waals surface area contributed by atoms with E-state index in [0.29, 0.717) is 11.3 Å². The van der Waals surface area contributed by atoms with Gasteiger partial charge in [0.25, 0.3) is 5.91 Å². The van der Waals surface area contributed by atoms with Gasteiger partial charge in [-0.15, -0.1) is 0 Å². The third-order valence-corrected chi connectivity index (χ3v) is 5.53. The summed E-state index contributed by atoms with van der Waals surface area (Å²) in [5.74, 6) is -1.42. The van der Waals surface area contributed by atoms with Crippen molar-refractivity contribution in [2.75, 3.05) is 5.32 Å². The average Bonchev–Trinajstić information content (AvgIpc) is 3.32. The van der Waals surface area contributed by atoms with Crippen molar-refractivity contribution in [1.29, 1.82) is 0 Å². The Kier molecular flexibility index (Phi) is 7.48. The minimum atomic E-state index is -4.63. The number of aromatic nitrogens is 1. The Morgan fingerprint density at radius 3 is 2.03 bits per heavy atom. The van der Waals surface area contributed by atoms with Crippen LogP contribution in [0, 0.1) is 0 Å². The monoisotopic (exact) mass is 547 g/mol. The van der Waals surface area contributed by atoms with E-state index in [1.54, 1.807) is 0 Å². The fourth-order valence-corrected chi connectivity index (χ4v) is 3.71. The standard InChI is InChI=1S/C27H19F6N3O3/c1-15(37)35-20-12-8-16(9-13-20)23-22(24(38)34-14-18-4-2-3-5-21(18)27(31,32)33)36-25(39-23)17-6-10-19(11-7-17)26(28,29)30/h2-13H,14H2,1H3,(H,34,38)(H,35,37). The molecule has 0 bridgehead atoms. The molecule has 1 aromatic heterocycles. The SMILES string of the molecule is CC(=O)Nc1ccc(-c2oc(-c3ccc(C(F)(F)F)cc3)nc2C(=O)NCc2ccccc2C(F)(F)F)cc1. The first-order chi connectivity index (χ1) is 18.3. The molecule has 0 radical (unpaired) electrons. The molecule has 2 amide bonds. The zero-order valence-electron chi connectivity index (χ0n) is 20.1. The molecule has 0 atom stereocenters. The highest BCUT2D eigenvalue weighted by Gasteiger charge is 2.33. The second-order valence-electron chi connectivity index (χ2n) is 8.37. The first-order valence-corrected chi connectivity index (χ1v) is 11.3. The number of carbonyl (C=O) groups is 2. The molecule has 202 valence electrons. The Morgan fingerprint density at radius 2 is 1.44 bits per heavy atom. The molecular weight excluding hydrogens is 528 g/mol. The molecule has 3 aromatic carbocycles. The lowest BCUT2D eigenvalue weighted by molar-refractivity contribution is -0.138. The number of rotatable bonds is 6. The number of anilines is 1. The van der Waals surface area contributed by atoms with Crippen molar-refractivity contribution in [3.05, 3.63) is 95.2 Å². The second-order valence-corrected chi connectivity index (χ2v) is 8.37. The molecule has 0 unspecified atom stereocenters. The van der Waals surface area contributed by atoms with Gasteiger partial charge in [-0.2, -0.15) is 26.3 Å². The van der Waals surface area contributed by atoms with Crippen LogP contribution in [0.5, 0.6) is 0 Å². The summed E-state index contributed by atoms with van der Waals surface area (Å²) in [5, 5.41) is 4.98. The molecule has 0 fully saturated rings. The maximum Gasteiger partial charge on any atom is 0.416 e. The lowest BCUT2D eigenvalue weighted by atomic mass is 10.1. The van der Waals surface area contributed by atoms with Gasteiger partial charge in [-0.3, -0.25) is 9.59 Å². The van der Waals surface area contributed by atoms with Gasteiger partial charge in [-0.1, -0.05) is 18.2 Å². The maximum absolute atomic E-state index is 13.3. The summed E-state index contributed by atoms with van der Waals surface area (Å²) in [6.45, 7) is 0.845. The van der Waals surface area contributed by atoms with Crippen molar-refractivity contribution >= 4 is 17.5 Å². The van der Waals surface area contributed by atoms with E-state index in [1.165, 1.54) is 49.4 Å². The molecule has 0 spiro atoms. The van der Waals surface area contributed by atoms with Gasteiger partial charge < -0.3 is 15.1 Å². The van der Waals surface area contributed by atoms with Crippen molar-refractivity contribution < 1.29 is 40.3 Å². The van der Waals surface area contributed by atoms with Crippen LogP contribution in [-0.2, 0) is 23.7 Å². The number of carbonyl (C=O) groups excluding carboxylic acids is 2. The Labute approximate surface area is 217 Å². The van der Waals surface area contributed by atoms with Crippen molar-refractivity contribution in [3.8, 4) is 22.8 Å². The predicted octanol–water partition coefficient (Wildman–Crippen LogP) is 6.93. The van der Waals surface area contributed by atoms with Crippen LogP contribution in [0.25, 0.3) is 22.8 Å². The maximum atomic E-state index is 13.3. The third-order valence-electron chi connectivity index (χ3n) is 5.53. The van der Waals surface area contributed by atoms with Crippen molar-refractivity contribution in [3.63, 3.8) is 0 Å². The van der Waals surface area contributed by atoms with E-state index < -0.39 is 35.9 Å². The Morgan fingerprint density at radius 1 is 0.821 bits per heavy atom. The van der Waals surface area contributed by atoms with Gasteiger partial charge in [-0.25, -0.2) is 4.98 Å². The zero-order valence-corrected chi connectivity index (χ0v) is 20.1. The molecular formula is C27H19F6N3O3. The largest absolute Gasteiger partial charge is 0.435 e. The number of alkyl halides is 6. The second kappa shape index (κ2) is 10.6. The zero-order chi connectivity index (χ0) is 28.4. The minimum Gasteiger partial charge on any atom is -0.435 e. The number of amides is 2. The van der Waals surface area contributed by atoms with E-state index in [1.807, 2.05) is 0 Å². The molecule has 0 saturated heterocycles. The molecule has 4 rings (SSSR count). The molecule has 2 N–H and O–H groups in total. The van der Waals surface area contributed by atoms with Gasteiger partial charge in [0, 0.05) is 30.3 Å². The molecule has 12 heteroatoms. The van der Waals surface area contributed by atoms with Crippen molar-refractivity contribution in [1.82, 2.24) is 10.3 Å². The summed E-state index contributed by atoms with van der Waals surface area (Å²) >= 11 is 0. The first kappa shape index (κ1) is 27.4. The van der Waals surface area contributed by atoms with Gasteiger partial charge in [0.05, 0.1) is 11.1 Å². The first-order valence-electron chi connectivity index (χ1n) is 11.3. The minimum absolute atomic E-state index is 0.0686. The number of oxazole rings is 1. The normalized spacial score (nSPS) is 11.8. The predicted molar refractivity (Wildman–Crippen MR) is 129 cm³/mol. The summed E-state index contributed by atoms with van der Waals surface area (Å²) in [5.41, 5.74) is -1.36. The number of nitrogens with zero attached hydrogens (tertiary/aromatic N) is 1. The van der Waals surface area contributed by atoms with Gasteiger partial charge in [0.15, 0.2) is 11.5 Å². The van der Waals surface area contributed by atoms with Crippen LogP contribution in [0.4, 0.5) is 32.0 Å². The molecule has 39 heavy (non-hydrogen) atoms. The highest BCUT2D eigenvalue weighted by Crippen LogP contribution is 2.34. The Balaban J connectivity index is 1.69. The van der Waals surface area contributed by atoms with Crippen LogP contribution in [0.3, 0.4) is 0 Å². The van der Waals surface area contributed by atoms with Gasteiger partial charge in [-0.05, 0) is 60.2 Å². The van der Waals surface area contributed by atoms with Gasteiger partial charge in [0.1, 0.15) is 0 Å². The lowest BCUT2D eigenvalue weighted by Crippen LogP contribution is -2.25. The Bertz CT molecular complexity index is 1490. The van der Waals surface area contributed by atoms with Crippen molar-refractivity contribution in [2.45, 2.75) is 25.8 Å². The third kappa shape index (κ3) is 6.46. The van der Waals surface area contributed by atoms with E-state index in [0.717, 1.165) is 30.3 Å². The number of benzene rings is 3. The van der Waals surface area contributed by atoms with Crippen LogP contribution in [-0.4, -0.2) is 16.8 Å². The molecule has 0 aliphatic heterocycles. The fraction of sp³-hybridized carbons (Fsp3) is 0.148. The van der Waals surface area contributed by atoms with E-state index in [-0.39, 0.29) is 34.4 Å². The average molecular weight is 547 g/mol. The summed E-state index contributed by atoms with van der Waals surface area (Å²) < 4.78 is 84.7. The molecule has 0 aliphatic carbocycles. The summed E-state index contributed by atoms with van der Waals surface area (Å²) in [7, 11) is 0. The molecule has 1 heterocycles. The van der Waals surface area contributed by atoms with E-state index in [2.05, 4.69) is 15.6 Å². The van der Waals surface area contributed by atoms with Crippen LogP contribution < -0.4 is 10.6 Å². The fourth-order valence-electron chi connectivity index (χ4n) is 3.71. The highest BCUT2D eigenvalue weighted by atomic mass is 19.4. The van der Waals surface area contributed by atoms with E-state index >= 15 is 0 Å². The van der Waals surface area contributed by atoms with Gasteiger partial charge >= 0.3 is 12.4 Å². The van der Waals surface area contributed by atoms with Crippen LogP contribution in [0.2, 0.25) is 0 Å². The van der Waals surface area contributed by atoms with Crippen LogP contribution >= 0.6 is 0 Å². The number of halogens is 6. The smallest absolute Gasteiger partial charge is 0.416 e. The van der Waals surface area contributed by atoms with E-state index in [4.69, 9.17) is 4.42 Å². The van der Waals surface area contributed by atoms with Crippen LogP contribution in [0.15, 0.2) is 77.2 Å². The number of hydrogen-bond acceptors (Lipinski definition) is 4.